The molecular formula is C29H22N2O6. The fraction of sp³-hybridized carbons (Fsp3) is 0.0690. The van der Waals surface area contributed by atoms with E-state index in [9.17, 15) is 14.7 Å². The van der Waals surface area contributed by atoms with Gasteiger partial charge in [-0.25, -0.2) is 10.2 Å². The lowest BCUT2D eigenvalue weighted by molar-refractivity contribution is -0.136. The summed E-state index contributed by atoms with van der Waals surface area (Å²) in [5.74, 6) is -0.0617. The summed E-state index contributed by atoms with van der Waals surface area (Å²) < 4.78 is 16.2. The number of para-hydroxylation sites is 1. The molecule has 184 valence electrons. The minimum atomic E-state index is -1.97. The van der Waals surface area contributed by atoms with Gasteiger partial charge in [0.2, 0.25) is 6.79 Å². The number of hydrogen-bond acceptors (Lipinski definition) is 7. The Kier molecular flexibility index (Phi) is 6.65. The highest BCUT2D eigenvalue weighted by molar-refractivity contribution is 5.94. The summed E-state index contributed by atoms with van der Waals surface area (Å²) in [5, 5.41) is 15.5. The highest BCUT2D eigenvalue weighted by Gasteiger charge is 2.39. The van der Waals surface area contributed by atoms with Crippen molar-refractivity contribution in [1.29, 1.82) is 0 Å². The summed E-state index contributed by atoms with van der Waals surface area (Å²) in [4.78, 5) is 25.9. The molecule has 0 bridgehead atoms. The van der Waals surface area contributed by atoms with E-state index in [0.29, 0.717) is 33.8 Å². The van der Waals surface area contributed by atoms with E-state index in [1.165, 1.54) is 6.21 Å². The first-order valence-electron chi connectivity index (χ1n) is 11.4. The molecule has 5 rings (SSSR count). The number of benzene rings is 4. The highest BCUT2D eigenvalue weighted by Crippen LogP contribution is 2.33. The van der Waals surface area contributed by atoms with Gasteiger partial charge in [0.25, 0.3) is 5.91 Å². The third kappa shape index (κ3) is 4.91. The number of amides is 1. The smallest absolute Gasteiger partial charge is 0.343 e. The maximum absolute atomic E-state index is 13.2. The Morgan fingerprint density at radius 1 is 0.838 bits per heavy atom. The molecule has 2 N–H and O–H groups in total. The van der Waals surface area contributed by atoms with Crippen LogP contribution >= 0.6 is 0 Å². The molecule has 0 aromatic heterocycles. The van der Waals surface area contributed by atoms with Gasteiger partial charge >= 0.3 is 5.97 Å². The first-order valence-corrected chi connectivity index (χ1v) is 11.4. The predicted molar refractivity (Wildman–Crippen MR) is 136 cm³/mol. The fourth-order valence-corrected chi connectivity index (χ4v) is 3.89. The average Bonchev–Trinajstić information content (AvgIpc) is 3.42. The Labute approximate surface area is 212 Å². The molecule has 8 heteroatoms. The Hall–Kier alpha value is -4.95. The Morgan fingerprint density at radius 3 is 2.16 bits per heavy atom. The Morgan fingerprint density at radius 2 is 1.46 bits per heavy atom. The van der Waals surface area contributed by atoms with Gasteiger partial charge in [0.1, 0.15) is 5.75 Å². The molecule has 1 aliphatic rings. The minimum Gasteiger partial charge on any atom is -0.454 e. The zero-order valence-corrected chi connectivity index (χ0v) is 19.5. The van der Waals surface area contributed by atoms with Crippen LogP contribution in [0.3, 0.4) is 0 Å². The Bertz CT molecular complexity index is 1410. The molecule has 0 spiro atoms. The first kappa shape index (κ1) is 23.8. The van der Waals surface area contributed by atoms with Crippen molar-refractivity contribution in [3.8, 4) is 17.2 Å². The highest BCUT2D eigenvalue weighted by atomic mass is 16.7. The van der Waals surface area contributed by atoms with Gasteiger partial charge in [0.15, 0.2) is 17.1 Å². The zero-order valence-electron chi connectivity index (χ0n) is 19.5. The SMILES string of the molecule is O=C(Oc1ccccc1C=NNC(=O)C(O)(c1ccccc1)c1ccccc1)c1ccc2c(c1)OCO2. The van der Waals surface area contributed by atoms with Gasteiger partial charge in [-0.2, -0.15) is 5.10 Å². The average molecular weight is 495 g/mol. The van der Waals surface area contributed by atoms with Gasteiger partial charge in [0.05, 0.1) is 11.8 Å². The van der Waals surface area contributed by atoms with Crippen molar-refractivity contribution in [1.82, 2.24) is 5.43 Å². The van der Waals surface area contributed by atoms with Gasteiger partial charge in [-0.1, -0.05) is 72.8 Å². The monoisotopic (exact) mass is 494 g/mol. The molecule has 0 aliphatic carbocycles. The van der Waals surface area contributed by atoms with Crippen molar-refractivity contribution < 1.29 is 28.9 Å². The lowest BCUT2D eigenvalue weighted by Gasteiger charge is -2.27. The number of rotatable bonds is 7. The molecule has 0 radical (unpaired) electrons. The number of carbonyl (C=O) groups excluding carboxylic acids is 2. The van der Waals surface area contributed by atoms with Gasteiger partial charge in [0, 0.05) is 5.56 Å². The van der Waals surface area contributed by atoms with Gasteiger partial charge < -0.3 is 19.3 Å². The van der Waals surface area contributed by atoms with Crippen LogP contribution in [0.25, 0.3) is 0 Å². The number of fused-ring (bicyclic) bond motifs is 1. The van der Waals surface area contributed by atoms with Crippen molar-refractivity contribution >= 4 is 18.1 Å². The van der Waals surface area contributed by atoms with Crippen LogP contribution in [0, 0.1) is 0 Å². The molecule has 1 heterocycles. The van der Waals surface area contributed by atoms with Crippen LogP contribution in [0.15, 0.2) is 108 Å². The van der Waals surface area contributed by atoms with Crippen molar-refractivity contribution in [3.63, 3.8) is 0 Å². The second-order valence-electron chi connectivity index (χ2n) is 8.14. The van der Waals surface area contributed by atoms with Crippen molar-refractivity contribution in [3.05, 3.63) is 125 Å². The van der Waals surface area contributed by atoms with Crippen LogP contribution in [-0.2, 0) is 10.4 Å². The van der Waals surface area contributed by atoms with Crippen molar-refractivity contribution in [2.75, 3.05) is 6.79 Å². The maximum Gasteiger partial charge on any atom is 0.343 e. The van der Waals surface area contributed by atoms with E-state index in [1.54, 1.807) is 103 Å². The first-order chi connectivity index (χ1) is 18.1. The molecule has 1 aliphatic heterocycles. The molecule has 4 aromatic rings. The Balaban J connectivity index is 1.34. The molecule has 4 aromatic carbocycles. The second kappa shape index (κ2) is 10.3. The van der Waals surface area contributed by atoms with Gasteiger partial charge in [-0.3, -0.25) is 4.79 Å². The largest absolute Gasteiger partial charge is 0.454 e. The third-order valence-electron chi connectivity index (χ3n) is 5.81. The number of carbonyl (C=O) groups is 2. The number of ether oxygens (including phenoxy) is 3. The molecular weight excluding hydrogens is 472 g/mol. The van der Waals surface area contributed by atoms with Gasteiger partial charge in [-0.05, 0) is 41.5 Å². The summed E-state index contributed by atoms with van der Waals surface area (Å²) in [7, 11) is 0. The maximum atomic E-state index is 13.2. The number of aliphatic hydroxyl groups is 1. The number of nitrogens with one attached hydrogen (secondary N) is 1. The number of hydrogen-bond donors (Lipinski definition) is 2. The summed E-state index contributed by atoms with van der Waals surface area (Å²) in [6.07, 6.45) is 1.34. The topological polar surface area (TPSA) is 106 Å². The van der Waals surface area contributed by atoms with Crippen LogP contribution in [-0.4, -0.2) is 30.0 Å². The molecule has 8 nitrogen and oxygen atoms in total. The lowest BCUT2D eigenvalue weighted by Crippen LogP contribution is -2.43. The van der Waals surface area contributed by atoms with Crippen LogP contribution in [0.4, 0.5) is 0 Å². The van der Waals surface area contributed by atoms with E-state index in [-0.39, 0.29) is 12.5 Å². The van der Waals surface area contributed by atoms with E-state index < -0.39 is 17.5 Å². The normalized spacial score (nSPS) is 12.4. The van der Waals surface area contributed by atoms with Crippen LogP contribution in [0.2, 0.25) is 0 Å². The lowest BCUT2D eigenvalue weighted by atomic mass is 9.85. The summed E-state index contributed by atoms with van der Waals surface area (Å²) in [5.41, 5.74) is 1.98. The molecule has 0 fully saturated rings. The number of hydrazone groups is 1. The summed E-state index contributed by atoms with van der Waals surface area (Å²) in [6, 6.07) is 28.7. The second-order valence-corrected chi connectivity index (χ2v) is 8.14. The number of nitrogens with zero attached hydrogens (tertiary/aromatic N) is 1. The van der Waals surface area contributed by atoms with E-state index in [1.807, 2.05) is 0 Å². The third-order valence-corrected chi connectivity index (χ3v) is 5.81. The molecule has 1 amide bonds. The standard InChI is InChI=1S/C29H22N2O6/c32-27(20-15-16-25-26(17-20)36-19-35-25)37-24-14-8-7-9-21(24)18-30-31-28(33)29(34,22-10-3-1-4-11-22)23-12-5-2-6-13-23/h1-18,34H,19H2,(H,31,33). The molecule has 0 saturated heterocycles. The zero-order chi connectivity index (χ0) is 25.7. The van der Waals surface area contributed by atoms with Crippen LogP contribution in [0.1, 0.15) is 27.0 Å². The van der Waals surface area contributed by atoms with Crippen molar-refractivity contribution in [2.24, 2.45) is 5.10 Å². The van der Waals surface area contributed by atoms with Crippen LogP contribution < -0.4 is 19.6 Å². The summed E-state index contributed by atoms with van der Waals surface area (Å²) >= 11 is 0. The quantitative estimate of drug-likeness (QED) is 0.174. The van der Waals surface area contributed by atoms with E-state index in [2.05, 4.69) is 10.5 Å². The minimum absolute atomic E-state index is 0.0997. The van der Waals surface area contributed by atoms with Crippen molar-refractivity contribution in [2.45, 2.75) is 5.60 Å². The molecule has 0 atom stereocenters. The molecule has 0 unspecified atom stereocenters. The predicted octanol–water partition coefficient (Wildman–Crippen LogP) is 4.02. The molecule has 0 saturated carbocycles. The van der Waals surface area contributed by atoms with Crippen LogP contribution in [0.5, 0.6) is 17.2 Å². The van der Waals surface area contributed by atoms with E-state index in [4.69, 9.17) is 14.2 Å². The number of esters is 1. The van der Waals surface area contributed by atoms with E-state index in [0.717, 1.165) is 0 Å². The van der Waals surface area contributed by atoms with Gasteiger partial charge in [-0.15, -0.1) is 0 Å². The molecule has 37 heavy (non-hydrogen) atoms. The fourth-order valence-electron chi connectivity index (χ4n) is 3.89. The van der Waals surface area contributed by atoms with E-state index >= 15 is 0 Å². The summed E-state index contributed by atoms with van der Waals surface area (Å²) in [6.45, 7) is 0.0997.